The molecule has 2 N–H and O–H groups in total. The Kier molecular flexibility index (Phi) is 4.72. The summed E-state index contributed by atoms with van der Waals surface area (Å²) in [6.45, 7) is 1.18. The van der Waals surface area contributed by atoms with E-state index in [2.05, 4.69) is 5.32 Å². The van der Waals surface area contributed by atoms with Gasteiger partial charge in [0.05, 0.1) is 11.3 Å². The molecule has 0 aliphatic rings. The molecule has 0 saturated heterocycles. The van der Waals surface area contributed by atoms with Crippen LogP contribution < -0.4 is 5.32 Å². The molecule has 0 aliphatic carbocycles. The number of ether oxygens (including phenoxy) is 1. The van der Waals surface area contributed by atoms with Crippen LogP contribution in [0, 0.1) is 5.82 Å². The fourth-order valence-electron chi connectivity index (χ4n) is 1.23. The third-order valence-corrected chi connectivity index (χ3v) is 2.06. The number of aromatic carboxylic acids is 1. The number of carboxylic acids is 1. The Morgan fingerprint density at radius 3 is 2.88 bits per heavy atom. The van der Waals surface area contributed by atoms with Crippen LogP contribution in [0.15, 0.2) is 18.2 Å². The predicted molar refractivity (Wildman–Crippen MR) is 58.3 cm³/mol. The largest absolute Gasteiger partial charge is 0.478 e. The van der Waals surface area contributed by atoms with Crippen molar-refractivity contribution in [3.8, 4) is 0 Å². The minimum atomic E-state index is -1.13. The quantitative estimate of drug-likeness (QED) is 0.729. The molecule has 0 fully saturated rings. The van der Waals surface area contributed by atoms with Gasteiger partial charge in [-0.2, -0.15) is 0 Å². The molecule has 0 spiro atoms. The molecule has 0 saturated carbocycles. The number of hydrogen-bond donors (Lipinski definition) is 2. The number of nitrogens with one attached hydrogen (secondary N) is 1. The second kappa shape index (κ2) is 6.07. The highest BCUT2D eigenvalue weighted by atomic mass is 19.1. The van der Waals surface area contributed by atoms with Crippen molar-refractivity contribution in [3.05, 3.63) is 29.6 Å². The predicted octanol–water partition coefficient (Wildman–Crippen LogP) is 1.97. The minimum absolute atomic E-state index is 0.0556. The molecule has 0 bridgehead atoms. The van der Waals surface area contributed by atoms with Crippen LogP contribution in [0.5, 0.6) is 0 Å². The maximum absolute atomic E-state index is 13.4. The van der Waals surface area contributed by atoms with Crippen molar-refractivity contribution in [1.29, 1.82) is 0 Å². The molecule has 0 atom stereocenters. The van der Waals surface area contributed by atoms with E-state index in [1.807, 2.05) is 0 Å². The Balaban J connectivity index is 2.57. The molecule has 1 aromatic carbocycles. The molecule has 88 valence electrons. The van der Waals surface area contributed by atoms with Crippen molar-refractivity contribution in [2.75, 3.05) is 25.6 Å². The molecule has 0 aromatic heterocycles. The number of carbonyl (C=O) groups is 1. The summed E-state index contributed by atoms with van der Waals surface area (Å²) in [5, 5.41) is 11.5. The third-order valence-electron chi connectivity index (χ3n) is 2.06. The Morgan fingerprint density at radius 1 is 1.56 bits per heavy atom. The maximum Gasteiger partial charge on any atom is 0.335 e. The van der Waals surface area contributed by atoms with Crippen molar-refractivity contribution >= 4 is 11.7 Å². The zero-order valence-electron chi connectivity index (χ0n) is 9.00. The van der Waals surface area contributed by atoms with Gasteiger partial charge in [-0.25, -0.2) is 9.18 Å². The molecule has 1 aromatic rings. The summed E-state index contributed by atoms with van der Waals surface area (Å²) in [6.07, 6.45) is 0.761. The highest BCUT2D eigenvalue weighted by Gasteiger charge is 2.07. The van der Waals surface area contributed by atoms with E-state index >= 15 is 0 Å². The van der Waals surface area contributed by atoms with Gasteiger partial charge in [-0.15, -0.1) is 0 Å². The van der Waals surface area contributed by atoms with Gasteiger partial charge in [0.15, 0.2) is 0 Å². The second-order valence-electron chi connectivity index (χ2n) is 3.27. The summed E-state index contributed by atoms with van der Waals surface area (Å²) in [5.74, 6) is -1.69. The van der Waals surface area contributed by atoms with E-state index in [1.54, 1.807) is 7.11 Å². The maximum atomic E-state index is 13.4. The van der Waals surface area contributed by atoms with Crippen LogP contribution in [-0.4, -0.2) is 31.3 Å². The van der Waals surface area contributed by atoms with Gasteiger partial charge in [0.1, 0.15) is 5.82 Å². The minimum Gasteiger partial charge on any atom is -0.478 e. The molecular weight excluding hydrogens is 213 g/mol. The van der Waals surface area contributed by atoms with Crippen LogP contribution in [0.4, 0.5) is 10.1 Å². The van der Waals surface area contributed by atoms with Gasteiger partial charge in [0, 0.05) is 20.3 Å². The first-order valence-corrected chi connectivity index (χ1v) is 4.91. The van der Waals surface area contributed by atoms with Crippen LogP contribution in [0.25, 0.3) is 0 Å². The van der Waals surface area contributed by atoms with E-state index in [4.69, 9.17) is 9.84 Å². The number of halogens is 1. The molecule has 0 radical (unpaired) electrons. The second-order valence-corrected chi connectivity index (χ2v) is 3.27. The van der Waals surface area contributed by atoms with E-state index in [0.29, 0.717) is 18.8 Å². The highest BCUT2D eigenvalue weighted by molar-refractivity contribution is 5.88. The summed E-state index contributed by atoms with van der Waals surface area (Å²) in [5.41, 5.74) is 0.251. The Bertz CT molecular complexity index is 368. The Hall–Kier alpha value is -1.62. The van der Waals surface area contributed by atoms with Gasteiger partial charge < -0.3 is 15.2 Å². The molecular formula is C11H14FNO3. The molecule has 0 heterocycles. The average molecular weight is 227 g/mol. The lowest BCUT2D eigenvalue weighted by Crippen LogP contribution is -2.07. The van der Waals surface area contributed by atoms with Crippen molar-refractivity contribution < 1.29 is 19.0 Å². The van der Waals surface area contributed by atoms with E-state index in [0.717, 1.165) is 12.5 Å². The van der Waals surface area contributed by atoms with Crippen LogP contribution in [0.3, 0.4) is 0 Å². The van der Waals surface area contributed by atoms with Crippen molar-refractivity contribution in [2.24, 2.45) is 0 Å². The van der Waals surface area contributed by atoms with Gasteiger partial charge in [0.25, 0.3) is 0 Å². The van der Waals surface area contributed by atoms with E-state index in [1.165, 1.54) is 12.1 Å². The lowest BCUT2D eigenvalue weighted by atomic mass is 10.2. The molecule has 0 unspecified atom stereocenters. The van der Waals surface area contributed by atoms with E-state index < -0.39 is 11.8 Å². The number of benzene rings is 1. The number of anilines is 1. The van der Waals surface area contributed by atoms with Crippen molar-refractivity contribution in [3.63, 3.8) is 0 Å². The standard InChI is InChI=1S/C11H14FNO3/c1-16-6-2-5-13-10-4-3-8(11(14)15)7-9(10)12/h3-4,7,13H,2,5-6H2,1H3,(H,14,15). The topological polar surface area (TPSA) is 58.6 Å². The van der Waals surface area contributed by atoms with Crippen LogP contribution in [-0.2, 0) is 4.74 Å². The zero-order valence-corrected chi connectivity index (χ0v) is 9.00. The van der Waals surface area contributed by atoms with Crippen molar-refractivity contribution in [1.82, 2.24) is 0 Å². The summed E-state index contributed by atoms with van der Waals surface area (Å²) in [7, 11) is 1.60. The van der Waals surface area contributed by atoms with Crippen LogP contribution >= 0.6 is 0 Å². The number of hydrogen-bond acceptors (Lipinski definition) is 3. The van der Waals surface area contributed by atoms with Crippen molar-refractivity contribution in [2.45, 2.75) is 6.42 Å². The lowest BCUT2D eigenvalue weighted by molar-refractivity contribution is 0.0696. The first-order chi connectivity index (χ1) is 7.65. The fraction of sp³-hybridized carbons (Fsp3) is 0.364. The van der Waals surface area contributed by atoms with E-state index in [9.17, 15) is 9.18 Å². The fourth-order valence-corrected chi connectivity index (χ4v) is 1.23. The average Bonchev–Trinajstić information content (AvgIpc) is 2.26. The summed E-state index contributed by atoms with van der Waals surface area (Å²) >= 11 is 0. The van der Waals surface area contributed by atoms with Gasteiger partial charge in [0.2, 0.25) is 0 Å². The van der Waals surface area contributed by atoms with Gasteiger partial charge in [-0.3, -0.25) is 0 Å². The lowest BCUT2D eigenvalue weighted by Gasteiger charge is -2.07. The first-order valence-electron chi connectivity index (χ1n) is 4.91. The zero-order chi connectivity index (χ0) is 12.0. The molecule has 5 heteroatoms. The SMILES string of the molecule is COCCCNc1ccc(C(=O)O)cc1F. The smallest absolute Gasteiger partial charge is 0.335 e. The first kappa shape index (κ1) is 12.4. The molecule has 0 amide bonds. The monoisotopic (exact) mass is 227 g/mol. The summed E-state index contributed by atoms with van der Waals surface area (Å²) in [4.78, 5) is 10.6. The summed E-state index contributed by atoms with van der Waals surface area (Å²) < 4.78 is 18.2. The normalized spacial score (nSPS) is 10.1. The molecule has 0 aliphatic heterocycles. The molecule has 16 heavy (non-hydrogen) atoms. The number of carboxylic acid groups (broad SMARTS) is 1. The summed E-state index contributed by atoms with van der Waals surface area (Å²) in [6, 6.07) is 3.79. The Morgan fingerprint density at radius 2 is 2.31 bits per heavy atom. The molecule has 1 rings (SSSR count). The van der Waals surface area contributed by atoms with Gasteiger partial charge >= 0.3 is 5.97 Å². The third kappa shape index (κ3) is 3.51. The van der Waals surface area contributed by atoms with E-state index in [-0.39, 0.29) is 5.56 Å². The van der Waals surface area contributed by atoms with Gasteiger partial charge in [-0.1, -0.05) is 0 Å². The van der Waals surface area contributed by atoms with Gasteiger partial charge in [-0.05, 0) is 24.6 Å². The number of rotatable bonds is 6. The Labute approximate surface area is 93.0 Å². The van der Waals surface area contributed by atoms with Crippen LogP contribution in [0.1, 0.15) is 16.8 Å². The number of methoxy groups -OCH3 is 1. The highest BCUT2D eigenvalue weighted by Crippen LogP contribution is 2.15. The molecule has 4 nitrogen and oxygen atoms in total. The van der Waals surface area contributed by atoms with Crippen LogP contribution in [0.2, 0.25) is 0 Å².